The average molecular weight is 401 g/mol. The third-order valence-electron chi connectivity index (χ3n) is 4.88. The van der Waals surface area contributed by atoms with E-state index in [0.717, 1.165) is 12.8 Å². The lowest BCUT2D eigenvalue weighted by molar-refractivity contribution is -0.118. The summed E-state index contributed by atoms with van der Waals surface area (Å²) in [7, 11) is 0. The Bertz CT molecular complexity index is 309. The van der Waals surface area contributed by atoms with Gasteiger partial charge in [-0.1, -0.05) is 104 Å². The second-order valence-corrected chi connectivity index (χ2v) is 8.30. The predicted octanol–water partition coefficient (Wildman–Crippen LogP) is 6.84. The monoisotopic (exact) mass is 400 g/mol. The summed E-state index contributed by atoms with van der Waals surface area (Å²) in [6, 6.07) is 0. The molecule has 4 nitrogen and oxygen atoms in total. The van der Waals surface area contributed by atoms with Crippen molar-refractivity contribution in [2.75, 3.05) is 0 Å². The maximum Gasteiger partial charge on any atom is 0.217 e. The minimum absolute atomic E-state index is 0.0741. The minimum atomic E-state index is -0.153. The first-order chi connectivity index (χ1) is 13.4. The van der Waals surface area contributed by atoms with Gasteiger partial charge in [-0.05, 0) is 26.7 Å². The summed E-state index contributed by atoms with van der Waals surface area (Å²) >= 11 is 0. The normalized spacial score (nSPS) is 11.9. The third kappa shape index (κ3) is 30.1. The van der Waals surface area contributed by atoms with Crippen molar-refractivity contribution in [2.24, 2.45) is 11.5 Å². The van der Waals surface area contributed by atoms with Gasteiger partial charge in [0.05, 0.1) is 6.10 Å². The number of carbonyl (C=O) groups excluding carboxylic acids is 1. The van der Waals surface area contributed by atoms with E-state index in [9.17, 15) is 4.79 Å². The molecule has 0 aliphatic rings. The van der Waals surface area contributed by atoms with Crippen LogP contribution in [0.2, 0.25) is 0 Å². The molecule has 0 aliphatic carbocycles. The molecule has 1 atom stereocenters. The van der Waals surface area contributed by atoms with Gasteiger partial charge in [0.15, 0.2) is 0 Å². The summed E-state index contributed by atoms with van der Waals surface area (Å²) in [5, 5.41) is 0. The number of ether oxygens (including phenoxy) is 1. The lowest BCUT2D eigenvalue weighted by Gasteiger charge is -2.12. The number of amides is 1. The summed E-state index contributed by atoms with van der Waals surface area (Å²) in [6.07, 6.45) is 21.9. The fourth-order valence-electron chi connectivity index (χ4n) is 3.12. The van der Waals surface area contributed by atoms with Gasteiger partial charge in [0.25, 0.3) is 0 Å². The van der Waals surface area contributed by atoms with E-state index >= 15 is 0 Å². The van der Waals surface area contributed by atoms with Crippen molar-refractivity contribution in [2.45, 2.75) is 149 Å². The molecule has 0 aromatic heterocycles. The molecule has 0 spiro atoms. The first-order valence-electron chi connectivity index (χ1n) is 12.1. The van der Waals surface area contributed by atoms with Crippen LogP contribution in [0.5, 0.6) is 0 Å². The second kappa shape index (κ2) is 24.4. The molecule has 0 aromatic rings. The van der Waals surface area contributed by atoms with Gasteiger partial charge >= 0.3 is 0 Å². The molecule has 0 radical (unpaired) electrons. The third-order valence-corrected chi connectivity index (χ3v) is 4.88. The summed E-state index contributed by atoms with van der Waals surface area (Å²) in [5.74, 6) is -0.153. The molecule has 170 valence electrons. The molecule has 4 heteroatoms. The van der Waals surface area contributed by atoms with E-state index in [-0.39, 0.29) is 18.2 Å². The van der Waals surface area contributed by atoms with Crippen LogP contribution in [0.3, 0.4) is 0 Å². The maximum absolute atomic E-state index is 10.6. The average Bonchev–Trinajstić information content (AvgIpc) is 2.64. The fourth-order valence-corrected chi connectivity index (χ4v) is 3.12. The molecule has 1 unspecified atom stereocenters. The van der Waals surface area contributed by atoms with Crippen LogP contribution >= 0.6 is 0 Å². The molecular weight excluding hydrogens is 348 g/mol. The van der Waals surface area contributed by atoms with Crippen LogP contribution in [0.25, 0.3) is 0 Å². The lowest BCUT2D eigenvalue weighted by Crippen LogP contribution is -2.25. The van der Waals surface area contributed by atoms with Crippen molar-refractivity contribution in [3.05, 3.63) is 0 Å². The Labute approximate surface area is 176 Å². The van der Waals surface area contributed by atoms with E-state index < -0.39 is 0 Å². The Morgan fingerprint density at radius 1 is 0.714 bits per heavy atom. The molecule has 0 saturated heterocycles. The summed E-state index contributed by atoms with van der Waals surface area (Å²) in [5.41, 5.74) is 10.6. The Hall–Kier alpha value is -0.610. The van der Waals surface area contributed by atoms with Crippen molar-refractivity contribution in [3.63, 3.8) is 0 Å². The Morgan fingerprint density at radius 2 is 1.07 bits per heavy atom. The highest BCUT2D eigenvalue weighted by Gasteiger charge is 1.99. The number of unbranched alkanes of at least 4 members (excludes halogenated alkanes) is 14. The fraction of sp³-hybridized carbons (Fsp3) is 0.958. The molecule has 0 heterocycles. The largest absolute Gasteiger partial charge is 0.370 e. The first-order valence-corrected chi connectivity index (χ1v) is 12.1. The Morgan fingerprint density at radius 3 is 1.32 bits per heavy atom. The van der Waals surface area contributed by atoms with E-state index in [4.69, 9.17) is 16.2 Å². The molecule has 0 fully saturated rings. The molecule has 0 aliphatic heterocycles. The Kier molecular flexibility index (Phi) is 25.8. The highest BCUT2D eigenvalue weighted by Crippen LogP contribution is 2.13. The predicted molar refractivity (Wildman–Crippen MR) is 123 cm³/mol. The summed E-state index contributed by atoms with van der Waals surface area (Å²) in [6.45, 7) is 8.25. The molecule has 0 saturated carbocycles. The van der Waals surface area contributed by atoms with Crippen LogP contribution in [-0.4, -0.2) is 18.2 Å². The van der Waals surface area contributed by atoms with E-state index in [1.807, 2.05) is 20.8 Å². The SMILES string of the molecule is CCC(N)OC(C)C.CCCCCCCCCCCCCCCCCC(N)=O. The number of primary amides is 1. The van der Waals surface area contributed by atoms with E-state index in [1.54, 1.807) is 0 Å². The lowest BCUT2D eigenvalue weighted by atomic mass is 10.0. The highest BCUT2D eigenvalue weighted by atomic mass is 16.5. The van der Waals surface area contributed by atoms with Crippen molar-refractivity contribution >= 4 is 5.91 Å². The molecule has 28 heavy (non-hydrogen) atoms. The topological polar surface area (TPSA) is 78.3 Å². The minimum Gasteiger partial charge on any atom is -0.370 e. The molecule has 1 amide bonds. The Balaban J connectivity index is 0. The van der Waals surface area contributed by atoms with Gasteiger partial charge < -0.3 is 16.2 Å². The zero-order valence-corrected chi connectivity index (χ0v) is 19.6. The molecule has 0 bridgehead atoms. The molecular formula is C24H52N2O2. The van der Waals surface area contributed by atoms with Crippen LogP contribution < -0.4 is 11.5 Å². The van der Waals surface area contributed by atoms with Gasteiger partial charge in [-0.25, -0.2) is 0 Å². The summed E-state index contributed by atoms with van der Waals surface area (Å²) < 4.78 is 5.18. The van der Waals surface area contributed by atoms with Crippen LogP contribution in [0.15, 0.2) is 0 Å². The van der Waals surface area contributed by atoms with Crippen LogP contribution in [-0.2, 0) is 9.53 Å². The van der Waals surface area contributed by atoms with Gasteiger partial charge in [0.2, 0.25) is 5.91 Å². The van der Waals surface area contributed by atoms with Crippen molar-refractivity contribution in [1.29, 1.82) is 0 Å². The van der Waals surface area contributed by atoms with Gasteiger partial charge in [-0.2, -0.15) is 0 Å². The van der Waals surface area contributed by atoms with E-state index in [0.29, 0.717) is 6.42 Å². The number of nitrogens with two attached hydrogens (primary N) is 2. The molecule has 0 rings (SSSR count). The number of rotatable bonds is 19. The quantitative estimate of drug-likeness (QED) is 0.184. The molecule has 0 aromatic carbocycles. The summed E-state index contributed by atoms with van der Waals surface area (Å²) in [4.78, 5) is 10.6. The van der Waals surface area contributed by atoms with Gasteiger partial charge in [-0.3, -0.25) is 4.79 Å². The second-order valence-electron chi connectivity index (χ2n) is 8.30. The standard InChI is InChI=1S/C18H37NO.C6H15NO/c1-2-3-4-5-6-7-8-9-10-11-12-13-14-15-16-17-18(19)20;1-4-6(7)8-5(2)3/h2-17H2,1H3,(H2,19,20);5-6H,4,7H2,1-3H3. The first kappa shape index (κ1) is 29.6. The van der Waals surface area contributed by atoms with E-state index in [1.165, 1.54) is 89.9 Å². The smallest absolute Gasteiger partial charge is 0.217 e. The van der Waals surface area contributed by atoms with Gasteiger partial charge in [0, 0.05) is 6.42 Å². The van der Waals surface area contributed by atoms with Crippen molar-refractivity contribution < 1.29 is 9.53 Å². The van der Waals surface area contributed by atoms with Crippen molar-refractivity contribution in [1.82, 2.24) is 0 Å². The van der Waals surface area contributed by atoms with Crippen LogP contribution in [0.1, 0.15) is 137 Å². The van der Waals surface area contributed by atoms with Crippen LogP contribution in [0.4, 0.5) is 0 Å². The number of carbonyl (C=O) groups is 1. The number of hydrogen-bond acceptors (Lipinski definition) is 3. The van der Waals surface area contributed by atoms with Crippen LogP contribution in [0, 0.1) is 0 Å². The zero-order valence-electron chi connectivity index (χ0n) is 19.6. The number of hydrogen-bond donors (Lipinski definition) is 2. The zero-order chi connectivity index (χ0) is 21.5. The molecule has 4 N–H and O–H groups in total. The highest BCUT2D eigenvalue weighted by molar-refractivity contribution is 5.73. The van der Waals surface area contributed by atoms with Crippen molar-refractivity contribution in [3.8, 4) is 0 Å². The van der Waals surface area contributed by atoms with E-state index in [2.05, 4.69) is 6.92 Å². The van der Waals surface area contributed by atoms with Gasteiger partial charge in [0.1, 0.15) is 6.23 Å². The maximum atomic E-state index is 10.6. The van der Waals surface area contributed by atoms with Gasteiger partial charge in [-0.15, -0.1) is 0 Å².